The summed E-state index contributed by atoms with van der Waals surface area (Å²) in [7, 11) is 0. The summed E-state index contributed by atoms with van der Waals surface area (Å²) in [6.07, 6.45) is 12.2. The third kappa shape index (κ3) is 15.3. The van der Waals surface area contributed by atoms with Gasteiger partial charge >= 0.3 is 53.7 Å². The van der Waals surface area contributed by atoms with Crippen molar-refractivity contribution >= 4 is 38.3 Å². The molecule has 116 heavy (non-hydrogen) atoms. The second-order valence-electron chi connectivity index (χ2n) is 45.1. The van der Waals surface area contributed by atoms with Gasteiger partial charge in [0.2, 0.25) is 0 Å². The number of ether oxygens (including phenoxy) is 10. The topological polar surface area (TPSA) is 251 Å². The molecule has 6 heterocycles. The molecule has 0 aromatic heterocycles. The molecule has 10 saturated carbocycles. The van der Waals surface area contributed by atoms with Crippen molar-refractivity contribution in [3.05, 3.63) is 0 Å². The summed E-state index contributed by atoms with van der Waals surface area (Å²) in [6, 6.07) is 0. The van der Waals surface area contributed by atoms with Gasteiger partial charge in [-0.1, -0.05) is 84.1 Å². The van der Waals surface area contributed by atoms with Crippen molar-refractivity contribution in [2.24, 2.45) is 113 Å². The van der Waals surface area contributed by atoms with Crippen molar-refractivity contribution in [2.45, 2.75) is 360 Å². The predicted octanol–water partition coefficient (Wildman–Crippen LogP) is 11.0. The normalized spacial score (nSPS) is 44.4. The zero-order valence-electron chi connectivity index (χ0n) is 75.3. The van der Waals surface area contributed by atoms with E-state index in [0.29, 0.717) is 61.6 Å². The van der Waals surface area contributed by atoms with Crippen molar-refractivity contribution in [1.82, 2.24) is 19.6 Å². The first kappa shape index (κ1) is 94.5. The van der Waals surface area contributed by atoms with Gasteiger partial charge in [0.05, 0.1) is 61.0 Å². The quantitative estimate of drug-likeness (QED) is 0.0830. The van der Waals surface area contributed by atoms with Gasteiger partial charge in [0, 0.05) is 116 Å². The predicted molar refractivity (Wildman–Crippen MR) is 440 cm³/mol. The van der Waals surface area contributed by atoms with E-state index in [9.17, 15) is 34.5 Å². The number of carbonyl (C=O) groups is 5. The number of morpholine rings is 2. The van der Waals surface area contributed by atoms with E-state index in [0.717, 1.165) is 123 Å². The number of rotatable bonds is 14. The van der Waals surface area contributed by atoms with Crippen LogP contribution in [0.3, 0.4) is 0 Å². The maximum absolute atomic E-state index is 15.1. The van der Waals surface area contributed by atoms with Gasteiger partial charge in [-0.2, -0.15) is 0 Å². The first-order valence-electron chi connectivity index (χ1n) is 44.2. The van der Waals surface area contributed by atoms with Gasteiger partial charge in [0.1, 0.15) is 17.3 Å². The summed E-state index contributed by atoms with van der Waals surface area (Å²) in [5.74, 6) is 2.82. The number of esters is 2. The van der Waals surface area contributed by atoms with Crippen LogP contribution in [0.15, 0.2) is 0 Å². The molecule has 3 N–H and O–H groups in total. The summed E-state index contributed by atoms with van der Waals surface area (Å²) >= 11 is 0. The van der Waals surface area contributed by atoms with E-state index in [1.807, 2.05) is 46.4 Å². The molecule has 24 heteroatoms. The van der Waals surface area contributed by atoms with Gasteiger partial charge in [-0.15, -0.1) is 0 Å². The van der Waals surface area contributed by atoms with Crippen LogP contribution in [0.1, 0.15) is 271 Å². The van der Waals surface area contributed by atoms with Crippen molar-refractivity contribution in [1.29, 1.82) is 0 Å². The Hall–Kier alpha value is -2.23. The number of carbonyl (C=O) groups excluding carboxylic acids is 5. The van der Waals surface area contributed by atoms with Crippen LogP contribution in [-0.4, -0.2) is 242 Å². The maximum Gasteiger partial charge on any atom is 1.00 e. The number of aliphatic hydroxyl groups is 3. The minimum Gasteiger partial charge on any atom is -1.00 e. The Morgan fingerprint density at radius 1 is 0.534 bits per heavy atom. The number of amides is 2. The van der Waals surface area contributed by atoms with Crippen molar-refractivity contribution in [3.8, 4) is 0 Å². The maximum atomic E-state index is 15.1. The van der Waals surface area contributed by atoms with E-state index >= 15 is 4.79 Å². The fourth-order valence-electron chi connectivity index (χ4n) is 30.2. The summed E-state index contributed by atoms with van der Waals surface area (Å²) in [4.78, 5) is 72.9. The molecule has 10 aliphatic carbocycles. The van der Waals surface area contributed by atoms with Gasteiger partial charge in [-0.3, -0.25) is 24.2 Å². The zero-order valence-corrected chi connectivity index (χ0v) is 76.3. The van der Waals surface area contributed by atoms with Gasteiger partial charge < -0.3 is 73.9 Å². The van der Waals surface area contributed by atoms with Crippen LogP contribution in [0, 0.1) is 113 Å². The fraction of sp³-hybridized carbons (Fsp3) is 0.946. The molecule has 22 nitrogen and oxygen atoms in total. The van der Waals surface area contributed by atoms with E-state index in [2.05, 4.69) is 79.0 Å². The molecule has 0 aromatic carbocycles. The molecular weight excluding hydrogens is 1480 g/mol. The van der Waals surface area contributed by atoms with Crippen LogP contribution in [0.2, 0.25) is 0 Å². The van der Waals surface area contributed by atoms with Gasteiger partial charge in [-0.05, 0) is 257 Å². The van der Waals surface area contributed by atoms with Crippen LogP contribution in [0.4, 0.5) is 9.59 Å². The number of nitrogens with zero attached hydrogens (tertiary/aromatic N) is 4. The molecule has 2 amide bonds. The second kappa shape index (κ2) is 32.0. The number of likely N-dealkylation sites (tertiary alicyclic amines) is 2. The van der Waals surface area contributed by atoms with Crippen LogP contribution in [-0.2, 0) is 61.8 Å². The number of aliphatic hydroxyl groups excluding tert-OH is 1. The van der Waals surface area contributed by atoms with E-state index in [-0.39, 0.29) is 176 Å². The van der Waals surface area contributed by atoms with Crippen molar-refractivity contribution in [3.63, 3.8) is 0 Å². The van der Waals surface area contributed by atoms with Gasteiger partial charge in [-0.25, -0.2) is 9.59 Å². The second-order valence-corrected chi connectivity index (χ2v) is 45.1. The molecule has 4 spiro atoms. The first-order chi connectivity index (χ1) is 51.9. The SMILES string of the molecule is C.C.CC(=O)O[C@@H]([C@H]1C[C@@H](C)[C@H]2[C@H](O1)C(=O)[C@@]1(C)[C@@H]3CC[C@H]4C(C)(C)[C@@H](O[C@H]5CN(CC6CN(C(=O)OC(C)(C)C)C6)CCO5)CCC45C[C@@]35CC[C@]21C)C(C)(C)O.CC(=O)O[C@@H]([C@H]1C[C@@H](C)[C@H]2[C@H](O1)[C@H](O)[C@@]1(C)[C@@H]3CC[C@H]4C(C)(C)[C@@H](O[C@H]5CN(CC6CN(C(=O)OC(C)(C)C)C6)CCO5)CCC45C[C@@]35CC[C@]21C)C(C)(C)O.[B].[H-].[Na+]. The smallest absolute Gasteiger partial charge is 1.00 e. The van der Waals surface area contributed by atoms with Crippen LogP contribution < -0.4 is 29.6 Å². The van der Waals surface area contributed by atoms with Gasteiger partial charge in [0.25, 0.3) is 0 Å². The molecule has 655 valence electrons. The molecule has 16 aliphatic rings. The Labute approximate surface area is 722 Å². The van der Waals surface area contributed by atoms with E-state index < -0.39 is 76.4 Å². The van der Waals surface area contributed by atoms with Crippen LogP contribution in [0.5, 0.6) is 0 Å². The van der Waals surface area contributed by atoms with Crippen molar-refractivity contribution < 1.29 is 118 Å². The number of hydrogen-bond donors (Lipinski definition) is 3. The molecule has 0 bridgehead atoms. The minimum absolute atomic E-state index is 0. The molecule has 0 aromatic rings. The molecule has 3 radical (unpaired) electrons. The Morgan fingerprint density at radius 2 is 0.922 bits per heavy atom. The van der Waals surface area contributed by atoms with E-state index in [4.69, 9.17) is 47.4 Å². The molecular formula is C92H155BN4NaO18. The summed E-state index contributed by atoms with van der Waals surface area (Å²) in [5.41, 5.74) is -3.70. The van der Waals surface area contributed by atoms with E-state index in [1.165, 1.54) is 46.0 Å². The van der Waals surface area contributed by atoms with E-state index in [1.54, 1.807) is 32.6 Å². The fourth-order valence-corrected chi connectivity index (χ4v) is 30.2. The number of Topliss-reactive ketones (excluding diaryl/α,β-unsaturated/α-hetero) is 1. The largest absolute Gasteiger partial charge is 1.00 e. The van der Waals surface area contributed by atoms with Crippen LogP contribution >= 0.6 is 0 Å². The number of ketones is 1. The van der Waals surface area contributed by atoms with Gasteiger partial charge in [0.15, 0.2) is 30.6 Å². The molecule has 6 saturated heterocycles. The molecule has 6 aliphatic heterocycles. The Kier molecular flexibility index (Phi) is 26.1. The third-order valence-corrected chi connectivity index (χ3v) is 35.0. The molecule has 16 rings (SSSR count). The Morgan fingerprint density at radius 3 is 1.34 bits per heavy atom. The summed E-state index contributed by atoms with van der Waals surface area (Å²) in [6.45, 7) is 54.2. The average molecular weight is 1640 g/mol. The monoisotopic (exact) mass is 1640 g/mol. The minimum atomic E-state index is -1.30. The average Bonchev–Trinajstić information content (AvgIpc) is 1.46. The number of hydrogen-bond acceptors (Lipinski definition) is 20. The molecule has 2 unspecified atom stereocenters. The van der Waals surface area contributed by atoms with Crippen LogP contribution in [0.25, 0.3) is 0 Å². The third-order valence-electron chi connectivity index (χ3n) is 35.0. The summed E-state index contributed by atoms with van der Waals surface area (Å²) < 4.78 is 62.7. The molecule has 27 atom stereocenters. The summed E-state index contributed by atoms with van der Waals surface area (Å²) in [5, 5.41) is 34.8. The zero-order chi connectivity index (χ0) is 81.2. The Bertz CT molecular complexity index is 3600. The number of fused-ring (bicyclic) bond motifs is 8. The first-order valence-corrected chi connectivity index (χ1v) is 44.2. The molecule has 16 fully saturated rings. The van der Waals surface area contributed by atoms with Crippen molar-refractivity contribution in [2.75, 3.05) is 78.7 Å². The Balaban J connectivity index is 0.000000237. The standard InChI is InChI=1S/C45H74N2O9.C45H72N2O9.2CH4.B.Na.H/c2*1-26-20-29(37(41(8,9)51)53-27(2)48)54-35-34(26)42(10)16-17-45-25-44(45)15-14-32(40(6,7)30(44)12-13-31(45)43(42,11)36(35)49)55-33-24-46(18-19-52-33)21-28-22-47(23-28)38(50)56-39(3,4)5;;;;;/h26,28-37,49,51H,12-25H2,1-11H3;26,28-35,37,51H,12-25H2,1-11H3;2*1H4;;;/q;;;;;+1;-1/t26-,29-,30+,31+,32+,33+,34+,35+,36+,37+,42-,43-,44?,45+;26-,29-,30+,31+,32+,33+,34+,35+,37+,42-,43-,44?,45+;;;;;/m11...../s1.